The van der Waals surface area contributed by atoms with E-state index in [4.69, 9.17) is 18.9 Å². The maximum Gasteiger partial charge on any atom is 0.409 e. The smallest absolute Gasteiger partial charge is 0.409 e. The van der Waals surface area contributed by atoms with Crippen LogP contribution in [-0.2, 0) is 15.9 Å². The Balaban J connectivity index is 1.63. The predicted molar refractivity (Wildman–Crippen MR) is 151 cm³/mol. The molecule has 214 valence electrons. The second-order valence-electron chi connectivity index (χ2n) is 10.1. The fraction of sp³-hybridized carbons (Fsp3) is 0.533. The third-order valence-electron chi connectivity index (χ3n) is 6.79. The largest absolute Gasteiger partial charge is 0.493 e. The lowest BCUT2D eigenvalue weighted by Crippen LogP contribution is -2.56. The molecule has 1 heterocycles. The van der Waals surface area contributed by atoms with Gasteiger partial charge in [0.15, 0.2) is 11.5 Å². The summed E-state index contributed by atoms with van der Waals surface area (Å²) in [5, 5.41) is 3.35. The fourth-order valence-corrected chi connectivity index (χ4v) is 4.73. The van der Waals surface area contributed by atoms with Crippen molar-refractivity contribution >= 4 is 12.0 Å². The quantitative estimate of drug-likeness (QED) is 0.384. The van der Waals surface area contributed by atoms with Gasteiger partial charge in [-0.05, 0) is 44.0 Å². The first kappa shape index (κ1) is 30.2. The summed E-state index contributed by atoms with van der Waals surface area (Å²) in [6.07, 6.45) is 1.36. The van der Waals surface area contributed by atoms with E-state index in [1.165, 1.54) is 5.56 Å². The van der Waals surface area contributed by atoms with Crippen LogP contribution < -0.4 is 14.8 Å². The van der Waals surface area contributed by atoms with Crippen LogP contribution >= 0.6 is 0 Å². The molecule has 2 aromatic rings. The first-order valence-corrected chi connectivity index (χ1v) is 13.6. The zero-order valence-corrected chi connectivity index (χ0v) is 23.9. The van der Waals surface area contributed by atoms with Crippen LogP contribution in [0.1, 0.15) is 42.6 Å². The third-order valence-corrected chi connectivity index (χ3v) is 6.79. The predicted octanol–water partition coefficient (Wildman–Crippen LogP) is 4.00. The van der Waals surface area contributed by atoms with Gasteiger partial charge in [0, 0.05) is 70.9 Å². The molecule has 1 aliphatic heterocycles. The van der Waals surface area contributed by atoms with Gasteiger partial charge in [0.2, 0.25) is 0 Å². The maximum atomic E-state index is 13.7. The highest BCUT2D eigenvalue weighted by molar-refractivity contribution is 5.95. The van der Waals surface area contributed by atoms with Crippen molar-refractivity contribution in [2.45, 2.75) is 51.3 Å². The molecule has 1 saturated heterocycles. The normalized spacial score (nSPS) is 17.0. The average Bonchev–Trinajstić information content (AvgIpc) is 2.94. The lowest BCUT2D eigenvalue weighted by Gasteiger charge is -2.40. The van der Waals surface area contributed by atoms with Gasteiger partial charge in [-0.3, -0.25) is 4.79 Å². The number of methoxy groups -OCH3 is 2. The summed E-state index contributed by atoms with van der Waals surface area (Å²) in [5.74, 6) is 0.992. The highest BCUT2D eigenvalue weighted by Gasteiger charge is 2.34. The van der Waals surface area contributed by atoms with Crippen LogP contribution in [-0.4, -0.2) is 94.1 Å². The van der Waals surface area contributed by atoms with E-state index >= 15 is 0 Å². The first-order valence-electron chi connectivity index (χ1n) is 13.6. The summed E-state index contributed by atoms with van der Waals surface area (Å²) >= 11 is 0. The van der Waals surface area contributed by atoms with Crippen molar-refractivity contribution in [2.75, 3.05) is 54.1 Å². The summed E-state index contributed by atoms with van der Waals surface area (Å²) in [4.78, 5) is 30.0. The van der Waals surface area contributed by atoms with Crippen molar-refractivity contribution in [3.63, 3.8) is 0 Å². The SMILES string of the molecule is COCCCOc1cc(C(=O)N(C(C)C)[C@H]2CNC[C@@H](OC(=O)N(C)CCc3ccccc3)C2)ccc1OC. The van der Waals surface area contributed by atoms with Crippen molar-refractivity contribution in [1.29, 1.82) is 0 Å². The van der Waals surface area contributed by atoms with Crippen LogP contribution in [0.5, 0.6) is 11.5 Å². The molecule has 0 spiro atoms. The number of carbonyl (C=O) groups is 2. The monoisotopic (exact) mass is 541 g/mol. The number of nitrogens with one attached hydrogen (secondary N) is 1. The molecule has 2 atom stereocenters. The minimum atomic E-state index is -0.355. The Bertz CT molecular complexity index is 1050. The van der Waals surface area contributed by atoms with E-state index in [0.29, 0.717) is 56.3 Å². The summed E-state index contributed by atoms with van der Waals surface area (Å²) in [5.41, 5.74) is 1.69. The van der Waals surface area contributed by atoms with E-state index in [2.05, 4.69) is 5.32 Å². The molecule has 9 nitrogen and oxygen atoms in total. The van der Waals surface area contributed by atoms with Crippen LogP contribution in [0.3, 0.4) is 0 Å². The minimum Gasteiger partial charge on any atom is -0.493 e. The average molecular weight is 542 g/mol. The van der Waals surface area contributed by atoms with Gasteiger partial charge in [0.1, 0.15) is 6.10 Å². The van der Waals surface area contributed by atoms with Gasteiger partial charge < -0.3 is 34.1 Å². The van der Waals surface area contributed by atoms with E-state index in [1.807, 2.05) is 49.1 Å². The molecular weight excluding hydrogens is 498 g/mol. The molecular formula is C30H43N3O6. The van der Waals surface area contributed by atoms with Crippen molar-refractivity contribution in [3.05, 3.63) is 59.7 Å². The zero-order valence-electron chi connectivity index (χ0n) is 23.9. The minimum absolute atomic E-state index is 0.0551. The number of ether oxygens (including phenoxy) is 4. The Morgan fingerprint density at radius 1 is 1.03 bits per heavy atom. The van der Waals surface area contributed by atoms with E-state index in [9.17, 15) is 9.59 Å². The van der Waals surface area contributed by atoms with Gasteiger partial charge in [0.05, 0.1) is 13.7 Å². The fourth-order valence-electron chi connectivity index (χ4n) is 4.73. The third kappa shape index (κ3) is 8.86. The molecule has 2 amide bonds. The van der Waals surface area contributed by atoms with Crippen molar-refractivity contribution in [3.8, 4) is 11.5 Å². The van der Waals surface area contributed by atoms with Gasteiger partial charge in [-0.2, -0.15) is 0 Å². The van der Waals surface area contributed by atoms with E-state index in [-0.39, 0.29) is 30.2 Å². The summed E-state index contributed by atoms with van der Waals surface area (Å²) in [6.45, 7) is 6.78. The number of benzene rings is 2. The Morgan fingerprint density at radius 2 is 1.79 bits per heavy atom. The molecule has 0 unspecified atom stereocenters. The molecule has 1 fully saturated rings. The Labute approximate surface area is 232 Å². The highest BCUT2D eigenvalue weighted by Crippen LogP contribution is 2.30. The number of hydrogen-bond donors (Lipinski definition) is 1. The van der Waals surface area contributed by atoms with E-state index < -0.39 is 0 Å². The number of hydrogen-bond acceptors (Lipinski definition) is 7. The van der Waals surface area contributed by atoms with Crippen molar-refractivity contribution < 1.29 is 28.5 Å². The van der Waals surface area contributed by atoms with Gasteiger partial charge in [-0.1, -0.05) is 30.3 Å². The lowest BCUT2D eigenvalue weighted by atomic mass is 10.00. The zero-order chi connectivity index (χ0) is 28.2. The number of likely N-dealkylation sites (N-methyl/N-ethyl adjacent to an activating group) is 1. The molecule has 0 aliphatic carbocycles. The van der Waals surface area contributed by atoms with Gasteiger partial charge >= 0.3 is 6.09 Å². The second kappa shape index (κ2) is 15.3. The molecule has 1 aliphatic rings. The van der Waals surface area contributed by atoms with Crippen LogP contribution in [0.2, 0.25) is 0 Å². The standard InChI is InChI=1S/C30H43N3O6/c1-22(2)33(29(34)24-12-13-27(37-5)28(18-24)38-17-9-16-36-4)25-19-26(21-31-20-25)39-30(35)32(3)15-14-23-10-7-6-8-11-23/h6-8,10-13,18,22,25-26,31H,9,14-17,19-21H2,1-5H3/t25-,26+/m1/s1. The van der Waals surface area contributed by atoms with Crippen molar-refractivity contribution in [1.82, 2.24) is 15.1 Å². The number of carbonyl (C=O) groups excluding carboxylic acids is 2. The second-order valence-corrected chi connectivity index (χ2v) is 10.1. The van der Waals surface area contributed by atoms with Crippen LogP contribution in [0.4, 0.5) is 4.79 Å². The molecule has 0 radical (unpaired) electrons. The molecule has 0 bridgehead atoms. The lowest BCUT2D eigenvalue weighted by molar-refractivity contribution is 0.0231. The van der Waals surface area contributed by atoms with Gasteiger partial charge in [0.25, 0.3) is 5.91 Å². The van der Waals surface area contributed by atoms with E-state index in [0.717, 1.165) is 12.8 Å². The number of amides is 2. The summed E-state index contributed by atoms with van der Waals surface area (Å²) in [7, 11) is 4.98. The highest BCUT2D eigenvalue weighted by atomic mass is 16.6. The molecule has 3 rings (SSSR count). The van der Waals surface area contributed by atoms with Gasteiger partial charge in [-0.25, -0.2) is 4.79 Å². The summed E-state index contributed by atoms with van der Waals surface area (Å²) in [6, 6.07) is 15.1. The molecule has 0 aromatic heterocycles. The topological polar surface area (TPSA) is 89.6 Å². The van der Waals surface area contributed by atoms with Crippen molar-refractivity contribution in [2.24, 2.45) is 0 Å². The first-order chi connectivity index (χ1) is 18.8. The molecule has 1 N–H and O–H groups in total. The van der Waals surface area contributed by atoms with E-state index in [1.54, 1.807) is 44.4 Å². The Kier molecular flexibility index (Phi) is 11.9. The molecule has 9 heteroatoms. The Morgan fingerprint density at radius 3 is 2.49 bits per heavy atom. The number of piperidine rings is 1. The number of rotatable bonds is 13. The maximum absolute atomic E-state index is 13.7. The molecule has 2 aromatic carbocycles. The summed E-state index contributed by atoms with van der Waals surface area (Å²) < 4.78 is 22.2. The molecule has 0 saturated carbocycles. The van der Waals surface area contributed by atoms with Crippen LogP contribution in [0.25, 0.3) is 0 Å². The number of nitrogens with zero attached hydrogens (tertiary/aromatic N) is 2. The van der Waals surface area contributed by atoms with Crippen LogP contribution in [0.15, 0.2) is 48.5 Å². The Hall–Kier alpha value is -3.30. The van der Waals surface area contributed by atoms with Gasteiger partial charge in [-0.15, -0.1) is 0 Å². The molecule has 39 heavy (non-hydrogen) atoms. The van der Waals surface area contributed by atoms with Crippen LogP contribution in [0, 0.1) is 0 Å².